The van der Waals surface area contributed by atoms with Crippen molar-refractivity contribution >= 4 is 32.4 Å². The summed E-state index contributed by atoms with van der Waals surface area (Å²) in [6.07, 6.45) is 1.11. The first-order valence-corrected chi connectivity index (χ1v) is 10.1. The molecule has 0 radical (unpaired) electrons. The summed E-state index contributed by atoms with van der Waals surface area (Å²) in [5.74, 6) is 0.777. The number of rotatable bonds is 2. The van der Waals surface area contributed by atoms with E-state index in [2.05, 4.69) is 13.8 Å². The second kappa shape index (κ2) is 5.73. The molecule has 2 aliphatic rings. The third-order valence-corrected chi connectivity index (χ3v) is 6.98. The van der Waals surface area contributed by atoms with Gasteiger partial charge in [0, 0.05) is 18.5 Å². The lowest BCUT2D eigenvalue weighted by molar-refractivity contribution is -0.132. The molecule has 2 heterocycles. The highest BCUT2D eigenvalue weighted by atomic mass is 32.2. The van der Waals surface area contributed by atoms with Crippen LogP contribution in [-0.4, -0.2) is 38.9 Å². The Morgan fingerprint density at radius 2 is 1.72 bits per heavy atom. The lowest BCUT2D eigenvalue weighted by atomic mass is 9.92. The highest BCUT2D eigenvalue weighted by Crippen LogP contribution is 2.41. The van der Waals surface area contributed by atoms with Crippen LogP contribution in [-0.2, 0) is 14.8 Å². The monoisotopic (exact) mass is 358 g/mol. The molecule has 2 aromatic carbocycles. The summed E-state index contributed by atoms with van der Waals surface area (Å²) >= 11 is 0. The summed E-state index contributed by atoms with van der Waals surface area (Å²) in [6.45, 7) is 5.55. The summed E-state index contributed by atoms with van der Waals surface area (Å²) < 4.78 is 27.2. The van der Waals surface area contributed by atoms with Gasteiger partial charge >= 0.3 is 0 Å². The number of amides is 1. The van der Waals surface area contributed by atoms with E-state index in [0.717, 1.165) is 17.2 Å². The highest BCUT2D eigenvalue weighted by molar-refractivity contribution is 7.93. The van der Waals surface area contributed by atoms with E-state index in [9.17, 15) is 13.2 Å². The molecule has 0 aromatic heterocycles. The van der Waals surface area contributed by atoms with Gasteiger partial charge in [-0.3, -0.25) is 9.10 Å². The second-order valence-corrected chi connectivity index (χ2v) is 9.22. The quantitative estimate of drug-likeness (QED) is 0.829. The van der Waals surface area contributed by atoms with Crippen molar-refractivity contribution in [2.45, 2.75) is 25.2 Å². The van der Waals surface area contributed by atoms with Crippen LogP contribution in [0.3, 0.4) is 0 Å². The fourth-order valence-corrected chi connectivity index (χ4v) is 5.88. The largest absolute Gasteiger partial charge is 0.341 e. The first-order valence-electron chi connectivity index (χ1n) is 8.70. The van der Waals surface area contributed by atoms with Gasteiger partial charge in [-0.15, -0.1) is 0 Å². The molecule has 2 aliphatic heterocycles. The number of piperidine rings is 1. The van der Waals surface area contributed by atoms with Gasteiger partial charge in [0.1, 0.15) is 6.54 Å². The van der Waals surface area contributed by atoms with Crippen molar-refractivity contribution in [1.82, 2.24) is 4.90 Å². The van der Waals surface area contributed by atoms with Crippen LogP contribution in [0.15, 0.2) is 41.3 Å². The van der Waals surface area contributed by atoms with Crippen LogP contribution in [0.5, 0.6) is 0 Å². The number of nitrogens with zero attached hydrogens (tertiary/aromatic N) is 2. The number of hydrogen-bond donors (Lipinski definition) is 0. The molecule has 0 bridgehead atoms. The number of carbonyl (C=O) groups excluding carboxylic acids is 1. The van der Waals surface area contributed by atoms with E-state index < -0.39 is 10.0 Å². The van der Waals surface area contributed by atoms with Crippen LogP contribution < -0.4 is 4.31 Å². The van der Waals surface area contributed by atoms with Crippen molar-refractivity contribution in [2.75, 3.05) is 23.9 Å². The Hall–Kier alpha value is -2.08. The van der Waals surface area contributed by atoms with Crippen LogP contribution in [0, 0.1) is 11.8 Å². The first-order chi connectivity index (χ1) is 11.9. The molecule has 132 valence electrons. The first kappa shape index (κ1) is 16.4. The van der Waals surface area contributed by atoms with Gasteiger partial charge in [-0.2, -0.15) is 0 Å². The zero-order valence-corrected chi connectivity index (χ0v) is 15.3. The SMILES string of the molecule is C[C@@H]1C[C@H](C)CN(C(=O)CN2c3cccc4cccc(c34)S2(=O)=O)C1. The summed E-state index contributed by atoms with van der Waals surface area (Å²) in [6, 6.07) is 10.8. The van der Waals surface area contributed by atoms with E-state index in [1.807, 2.05) is 23.1 Å². The fourth-order valence-electron chi connectivity index (χ4n) is 4.22. The van der Waals surface area contributed by atoms with Crippen LogP contribution in [0.4, 0.5) is 5.69 Å². The molecule has 0 aliphatic carbocycles. The maximum atomic E-state index is 13.0. The summed E-state index contributed by atoms with van der Waals surface area (Å²) in [5.41, 5.74) is 0.611. The van der Waals surface area contributed by atoms with Gasteiger partial charge in [0.25, 0.3) is 10.0 Å². The number of sulfonamides is 1. The van der Waals surface area contributed by atoms with Crippen LogP contribution in [0.25, 0.3) is 10.8 Å². The van der Waals surface area contributed by atoms with Gasteiger partial charge in [0.15, 0.2) is 0 Å². The molecule has 0 spiro atoms. The Balaban J connectivity index is 1.68. The number of carbonyl (C=O) groups is 1. The lowest BCUT2D eigenvalue weighted by Gasteiger charge is -2.35. The van der Waals surface area contributed by atoms with Crippen molar-refractivity contribution in [3.63, 3.8) is 0 Å². The Labute approximate surface area is 148 Å². The molecule has 0 N–H and O–H groups in total. The third kappa shape index (κ3) is 2.59. The normalized spacial score (nSPS) is 24.7. The minimum Gasteiger partial charge on any atom is -0.341 e. The van der Waals surface area contributed by atoms with Crippen molar-refractivity contribution in [3.05, 3.63) is 36.4 Å². The molecule has 0 saturated carbocycles. The number of likely N-dealkylation sites (tertiary alicyclic amines) is 1. The molecule has 4 rings (SSSR count). The molecule has 25 heavy (non-hydrogen) atoms. The third-order valence-electron chi connectivity index (χ3n) is 5.18. The van der Waals surface area contributed by atoms with Crippen molar-refractivity contribution in [3.8, 4) is 0 Å². The minimum atomic E-state index is -3.67. The van der Waals surface area contributed by atoms with Gasteiger partial charge in [-0.05, 0) is 35.8 Å². The number of benzene rings is 2. The van der Waals surface area contributed by atoms with Gasteiger partial charge in [0.05, 0.1) is 10.6 Å². The van der Waals surface area contributed by atoms with Crippen molar-refractivity contribution in [2.24, 2.45) is 11.8 Å². The molecule has 2 aromatic rings. The van der Waals surface area contributed by atoms with Gasteiger partial charge in [-0.1, -0.05) is 38.1 Å². The van der Waals surface area contributed by atoms with E-state index in [4.69, 9.17) is 0 Å². The zero-order chi connectivity index (χ0) is 17.8. The van der Waals surface area contributed by atoms with E-state index in [1.165, 1.54) is 4.31 Å². The Morgan fingerprint density at radius 1 is 1.08 bits per heavy atom. The lowest BCUT2D eigenvalue weighted by Crippen LogP contribution is -2.47. The van der Waals surface area contributed by atoms with Crippen molar-refractivity contribution < 1.29 is 13.2 Å². The van der Waals surface area contributed by atoms with Crippen LogP contribution in [0.1, 0.15) is 20.3 Å². The predicted octanol–water partition coefficient (Wildman–Crippen LogP) is 2.85. The highest BCUT2D eigenvalue weighted by Gasteiger charge is 2.38. The Morgan fingerprint density at radius 3 is 2.40 bits per heavy atom. The average molecular weight is 358 g/mol. The van der Waals surface area contributed by atoms with E-state index in [1.54, 1.807) is 18.2 Å². The number of anilines is 1. The molecular formula is C19H22N2O3S. The summed E-state index contributed by atoms with van der Waals surface area (Å²) in [4.78, 5) is 14.9. The minimum absolute atomic E-state index is 0.119. The molecule has 1 fully saturated rings. The average Bonchev–Trinajstić information content (AvgIpc) is 2.77. The van der Waals surface area contributed by atoms with Crippen LogP contribution in [0.2, 0.25) is 0 Å². The van der Waals surface area contributed by atoms with Crippen LogP contribution >= 0.6 is 0 Å². The topological polar surface area (TPSA) is 57.7 Å². The number of hydrogen-bond acceptors (Lipinski definition) is 3. The fraction of sp³-hybridized carbons (Fsp3) is 0.421. The maximum Gasteiger partial charge on any atom is 0.265 e. The Bertz CT molecular complexity index is 939. The van der Waals surface area contributed by atoms with E-state index in [0.29, 0.717) is 35.5 Å². The zero-order valence-electron chi connectivity index (χ0n) is 14.5. The van der Waals surface area contributed by atoms with Gasteiger partial charge in [-0.25, -0.2) is 8.42 Å². The molecule has 2 atom stereocenters. The summed E-state index contributed by atoms with van der Waals surface area (Å²) in [7, 11) is -3.67. The Kier molecular flexibility index (Phi) is 3.76. The second-order valence-electron chi connectivity index (χ2n) is 7.39. The molecule has 6 heteroatoms. The molecule has 1 saturated heterocycles. The molecule has 1 amide bonds. The van der Waals surface area contributed by atoms with E-state index >= 15 is 0 Å². The van der Waals surface area contributed by atoms with Gasteiger partial charge in [0.2, 0.25) is 5.91 Å². The smallest absolute Gasteiger partial charge is 0.265 e. The maximum absolute atomic E-state index is 13.0. The molecule has 0 unspecified atom stereocenters. The van der Waals surface area contributed by atoms with Crippen molar-refractivity contribution in [1.29, 1.82) is 0 Å². The predicted molar refractivity (Wildman–Crippen MR) is 98.0 cm³/mol. The van der Waals surface area contributed by atoms with E-state index in [-0.39, 0.29) is 12.5 Å². The molecule has 5 nitrogen and oxygen atoms in total. The molecular weight excluding hydrogens is 336 g/mol. The summed E-state index contributed by atoms with van der Waals surface area (Å²) in [5, 5.41) is 1.60. The van der Waals surface area contributed by atoms with Gasteiger partial charge < -0.3 is 4.90 Å². The standard InChI is InChI=1S/C19H22N2O3S/c1-13-9-14(2)11-20(10-13)18(22)12-21-16-7-3-5-15-6-4-8-17(19(15)16)25(21,23)24/h3-8,13-14H,9-12H2,1-2H3/t13-,14+.